The summed E-state index contributed by atoms with van der Waals surface area (Å²) in [6.07, 6.45) is 0.368. The van der Waals surface area contributed by atoms with Gasteiger partial charge in [0.05, 0.1) is 5.69 Å². The van der Waals surface area contributed by atoms with Crippen LogP contribution in [0.25, 0.3) is 0 Å². The Balaban J connectivity index is 2.07. The summed E-state index contributed by atoms with van der Waals surface area (Å²) < 4.78 is 55.0. The fraction of sp³-hybridized carbons (Fsp3) is 0.588. The normalized spacial score (nSPS) is 17.2. The molecular weight excluding hydrogens is 340 g/mol. The highest BCUT2D eigenvalue weighted by atomic mass is 19.4. The summed E-state index contributed by atoms with van der Waals surface area (Å²) in [5.74, 6) is -1.31. The van der Waals surface area contributed by atoms with Gasteiger partial charge in [-0.3, -0.25) is 4.79 Å². The largest absolute Gasteiger partial charge is 0.482 e. The van der Waals surface area contributed by atoms with E-state index in [1.165, 1.54) is 0 Å². The molecule has 0 radical (unpaired) electrons. The standard InChI is InChI=1S/C17H22F4N2O2/c18-12-4-5-14(25-11-17(19,20)21)13(8-12)23-15(24)9-16(10-22)6-2-1-3-7-16/h4-5,8H,1-3,6-7,9-11,22H2,(H,23,24). The first-order chi connectivity index (χ1) is 11.7. The molecule has 0 atom stereocenters. The van der Waals surface area contributed by atoms with Crippen LogP contribution in [0.1, 0.15) is 38.5 Å². The van der Waals surface area contributed by atoms with Gasteiger partial charge >= 0.3 is 6.18 Å². The molecule has 1 fully saturated rings. The quantitative estimate of drug-likeness (QED) is 0.752. The molecule has 1 saturated carbocycles. The van der Waals surface area contributed by atoms with Crippen molar-refractivity contribution in [3.63, 3.8) is 0 Å². The number of hydrogen-bond donors (Lipinski definition) is 2. The maximum Gasteiger partial charge on any atom is 0.422 e. The van der Waals surface area contributed by atoms with E-state index in [1.807, 2.05) is 0 Å². The minimum atomic E-state index is -4.53. The Bertz CT molecular complexity index is 599. The highest BCUT2D eigenvalue weighted by Gasteiger charge is 2.33. The average molecular weight is 362 g/mol. The molecular formula is C17H22F4N2O2. The van der Waals surface area contributed by atoms with Gasteiger partial charge in [-0.05, 0) is 36.9 Å². The Morgan fingerprint density at radius 1 is 1.24 bits per heavy atom. The van der Waals surface area contributed by atoms with Crippen LogP contribution in [0.3, 0.4) is 0 Å². The van der Waals surface area contributed by atoms with E-state index in [9.17, 15) is 22.4 Å². The van der Waals surface area contributed by atoms with E-state index >= 15 is 0 Å². The number of hydrogen-bond acceptors (Lipinski definition) is 3. The molecule has 1 aromatic rings. The molecule has 0 unspecified atom stereocenters. The van der Waals surface area contributed by atoms with E-state index in [-0.39, 0.29) is 23.3 Å². The number of benzene rings is 1. The maximum atomic E-state index is 13.4. The van der Waals surface area contributed by atoms with Crippen LogP contribution in [0.4, 0.5) is 23.2 Å². The van der Waals surface area contributed by atoms with Crippen molar-refractivity contribution in [2.45, 2.75) is 44.7 Å². The van der Waals surface area contributed by atoms with Crippen LogP contribution < -0.4 is 15.8 Å². The summed E-state index contributed by atoms with van der Waals surface area (Å²) in [7, 11) is 0. The van der Waals surface area contributed by atoms with Crippen molar-refractivity contribution in [3.05, 3.63) is 24.0 Å². The molecule has 1 aliphatic carbocycles. The van der Waals surface area contributed by atoms with Crippen LogP contribution in [-0.4, -0.2) is 25.2 Å². The third-order valence-corrected chi connectivity index (χ3v) is 4.49. The molecule has 0 spiro atoms. The molecule has 0 aromatic heterocycles. The van der Waals surface area contributed by atoms with Gasteiger partial charge in [-0.25, -0.2) is 4.39 Å². The SMILES string of the molecule is NCC1(CC(=O)Nc2cc(F)ccc2OCC(F)(F)F)CCCCC1. The van der Waals surface area contributed by atoms with Crippen molar-refractivity contribution in [1.29, 1.82) is 0 Å². The summed E-state index contributed by atoms with van der Waals surface area (Å²) in [6, 6.07) is 2.99. The van der Waals surface area contributed by atoms with Crippen molar-refractivity contribution in [2.24, 2.45) is 11.1 Å². The Kier molecular flexibility index (Phi) is 6.26. The van der Waals surface area contributed by atoms with Crippen molar-refractivity contribution in [3.8, 4) is 5.75 Å². The van der Waals surface area contributed by atoms with Gasteiger partial charge in [0.1, 0.15) is 11.6 Å². The van der Waals surface area contributed by atoms with E-state index in [2.05, 4.69) is 10.1 Å². The predicted octanol–water partition coefficient (Wildman–Crippen LogP) is 4.00. The van der Waals surface area contributed by atoms with Crippen LogP contribution in [0.15, 0.2) is 18.2 Å². The first-order valence-corrected chi connectivity index (χ1v) is 8.22. The number of carbonyl (C=O) groups is 1. The molecule has 4 nitrogen and oxygen atoms in total. The topological polar surface area (TPSA) is 64.4 Å². The van der Waals surface area contributed by atoms with E-state index in [0.29, 0.717) is 6.54 Å². The molecule has 1 aromatic carbocycles. The number of nitrogens with one attached hydrogen (secondary N) is 1. The van der Waals surface area contributed by atoms with Crippen LogP contribution in [-0.2, 0) is 4.79 Å². The van der Waals surface area contributed by atoms with E-state index in [0.717, 1.165) is 50.3 Å². The zero-order valence-corrected chi connectivity index (χ0v) is 13.8. The van der Waals surface area contributed by atoms with Crippen LogP contribution in [0, 0.1) is 11.2 Å². The Morgan fingerprint density at radius 2 is 1.92 bits per heavy atom. The third kappa shape index (κ3) is 5.88. The first kappa shape index (κ1) is 19.5. The molecule has 140 valence electrons. The lowest BCUT2D eigenvalue weighted by atomic mass is 9.71. The second-order valence-electron chi connectivity index (χ2n) is 6.53. The number of alkyl halides is 3. The molecule has 1 amide bonds. The molecule has 0 bridgehead atoms. The van der Waals surface area contributed by atoms with Crippen molar-refractivity contribution in [2.75, 3.05) is 18.5 Å². The van der Waals surface area contributed by atoms with Gasteiger partial charge < -0.3 is 15.8 Å². The lowest BCUT2D eigenvalue weighted by Crippen LogP contribution is -2.36. The Hall–Kier alpha value is -1.83. The number of carbonyl (C=O) groups excluding carboxylic acids is 1. The molecule has 0 heterocycles. The predicted molar refractivity (Wildman–Crippen MR) is 85.8 cm³/mol. The Morgan fingerprint density at radius 3 is 2.52 bits per heavy atom. The summed E-state index contributed by atoms with van der Waals surface area (Å²) in [5, 5.41) is 2.47. The number of rotatable bonds is 6. The smallest absolute Gasteiger partial charge is 0.422 e. The fourth-order valence-electron chi connectivity index (χ4n) is 3.18. The van der Waals surface area contributed by atoms with E-state index in [1.54, 1.807) is 0 Å². The number of halogens is 4. The van der Waals surface area contributed by atoms with Crippen LogP contribution >= 0.6 is 0 Å². The zero-order chi connectivity index (χ0) is 18.5. The minimum Gasteiger partial charge on any atom is -0.482 e. The first-order valence-electron chi connectivity index (χ1n) is 8.22. The molecule has 3 N–H and O–H groups in total. The summed E-state index contributed by atoms with van der Waals surface area (Å²) in [6.45, 7) is -1.16. The number of anilines is 1. The molecule has 0 aliphatic heterocycles. The summed E-state index contributed by atoms with van der Waals surface area (Å²) in [5.41, 5.74) is 5.42. The van der Waals surface area contributed by atoms with Crippen molar-refractivity contribution in [1.82, 2.24) is 0 Å². The second kappa shape index (κ2) is 8.03. The fourth-order valence-corrected chi connectivity index (χ4v) is 3.18. The average Bonchev–Trinajstić information content (AvgIpc) is 2.54. The van der Waals surface area contributed by atoms with Crippen LogP contribution in [0.2, 0.25) is 0 Å². The van der Waals surface area contributed by atoms with Gasteiger partial charge in [0.2, 0.25) is 5.91 Å². The van der Waals surface area contributed by atoms with Crippen molar-refractivity contribution >= 4 is 11.6 Å². The highest BCUT2D eigenvalue weighted by Crippen LogP contribution is 2.39. The van der Waals surface area contributed by atoms with Gasteiger partial charge in [0, 0.05) is 12.5 Å². The highest BCUT2D eigenvalue weighted by molar-refractivity contribution is 5.92. The number of amides is 1. The van der Waals surface area contributed by atoms with Gasteiger partial charge in [0.15, 0.2) is 6.61 Å². The molecule has 2 rings (SSSR count). The van der Waals surface area contributed by atoms with Crippen LogP contribution in [0.5, 0.6) is 5.75 Å². The van der Waals surface area contributed by atoms with Gasteiger partial charge in [-0.1, -0.05) is 19.3 Å². The monoisotopic (exact) mass is 362 g/mol. The van der Waals surface area contributed by atoms with E-state index in [4.69, 9.17) is 5.73 Å². The zero-order valence-electron chi connectivity index (χ0n) is 13.8. The molecule has 0 saturated heterocycles. The number of ether oxygens (including phenoxy) is 1. The van der Waals surface area contributed by atoms with Gasteiger partial charge in [-0.2, -0.15) is 13.2 Å². The van der Waals surface area contributed by atoms with Gasteiger partial charge in [0.25, 0.3) is 0 Å². The number of nitrogens with two attached hydrogens (primary N) is 1. The van der Waals surface area contributed by atoms with Gasteiger partial charge in [-0.15, -0.1) is 0 Å². The Labute approximate surface area is 143 Å². The lowest BCUT2D eigenvalue weighted by Gasteiger charge is -2.35. The molecule has 8 heteroatoms. The molecule has 1 aliphatic rings. The van der Waals surface area contributed by atoms with E-state index < -0.39 is 24.5 Å². The molecule has 25 heavy (non-hydrogen) atoms. The summed E-state index contributed by atoms with van der Waals surface area (Å²) in [4.78, 5) is 12.3. The second-order valence-corrected chi connectivity index (χ2v) is 6.53. The minimum absolute atomic E-state index is 0.114. The lowest BCUT2D eigenvalue weighted by molar-refractivity contribution is -0.153. The third-order valence-electron chi connectivity index (χ3n) is 4.49. The van der Waals surface area contributed by atoms with Crippen molar-refractivity contribution < 1.29 is 27.1 Å². The maximum absolute atomic E-state index is 13.4. The summed E-state index contributed by atoms with van der Waals surface area (Å²) >= 11 is 0.